The number of aliphatic hydroxyl groups is 2. The topological polar surface area (TPSA) is 141 Å². The van der Waals surface area contributed by atoms with E-state index in [1.807, 2.05) is 13.8 Å². The van der Waals surface area contributed by atoms with Crippen molar-refractivity contribution in [1.82, 2.24) is 9.97 Å². The maximum Gasteiger partial charge on any atom is 0.354 e. The SMILES string of the molecule is CC(C)c1nc2c(c(-c3ccc(F)cc3)c1/C=C/[C@@H](O)C[C@@H](O)CC(=O)O)CCCc1nc(C(=O)O)ccc1-2. The van der Waals surface area contributed by atoms with Gasteiger partial charge in [-0.3, -0.25) is 9.78 Å². The molecule has 0 saturated heterocycles. The number of aliphatic hydroxyl groups excluding tert-OH is 2. The Morgan fingerprint density at radius 3 is 2.38 bits per heavy atom. The Bertz CT molecular complexity index is 1420. The second-order valence-electron chi connectivity index (χ2n) is 10.0. The number of aliphatic carboxylic acids is 1. The van der Waals surface area contributed by atoms with E-state index in [1.165, 1.54) is 24.3 Å². The number of hydrogen-bond acceptors (Lipinski definition) is 6. The lowest BCUT2D eigenvalue weighted by atomic mass is 9.86. The molecule has 0 spiro atoms. The summed E-state index contributed by atoms with van der Waals surface area (Å²) in [5, 5.41) is 38.8. The smallest absolute Gasteiger partial charge is 0.354 e. The summed E-state index contributed by atoms with van der Waals surface area (Å²) in [5.74, 6) is -2.68. The highest BCUT2D eigenvalue weighted by Gasteiger charge is 2.26. The standard InChI is InChI=1S/C30H31FN2O6/c1-16(2)28-23(11-10-19(34)14-20(35)15-26(36)37)27(17-6-8-18(31)9-7-17)22-4-3-5-24-21(29(22)33-28)12-13-25(32-24)30(38)39/h6-13,16,19-20,34-35H,3-5,14-15H2,1-2H3,(H,36,37)(H,38,39)/b11-10+/t19-,20-/m1/s1. The van der Waals surface area contributed by atoms with Crippen LogP contribution in [0.25, 0.3) is 28.5 Å². The zero-order chi connectivity index (χ0) is 28.3. The van der Waals surface area contributed by atoms with Gasteiger partial charge < -0.3 is 20.4 Å². The number of fused-ring (bicyclic) bond motifs is 3. The lowest BCUT2D eigenvalue weighted by Gasteiger charge is -2.22. The predicted molar refractivity (Wildman–Crippen MR) is 144 cm³/mol. The van der Waals surface area contributed by atoms with Crippen LogP contribution in [-0.2, 0) is 17.6 Å². The maximum absolute atomic E-state index is 13.9. The fraction of sp³-hybridized carbons (Fsp3) is 0.333. The van der Waals surface area contributed by atoms with Gasteiger partial charge in [0.15, 0.2) is 0 Å². The third-order valence-electron chi connectivity index (χ3n) is 6.74. The minimum atomic E-state index is -1.20. The molecule has 0 saturated carbocycles. The van der Waals surface area contributed by atoms with E-state index in [1.54, 1.807) is 24.3 Å². The number of carboxylic acid groups (broad SMARTS) is 2. The second-order valence-corrected chi connectivity index (χ2v) is 10.0. The molecule has 9 heteroatoms. The maximum atomic E-state index is 13.9. The molecule has 4 N–H and O–H groups in total. The van der Waals surface area contributed by atoms with Crippen molar-refractivity contribution in [2.75, 3.05) is 0 Å². The van der Waals surface area contributed by atoms with E-state index in [4.69, 9.17) is 10.1 Å². The quantitative estimate of drug-likeness (QED) is 0.305. The molecule has 2 heterocycles. The molecular weight excluding hydrogens is 503 g/mol. The number of carboxylic acids is 2. The molecule has 2 aromatic heterocycles. The summed E-state index contributed by atoms with van der Waals surface area (Å²) in [6, 6.07) is 9.36. The predicted octanol–water partition coefficient (Wildman–Crippen LogP) is 4.86. The van der Waals surface area contributed by atoms with Crippen LogP contribution >= 0.6 is 0 Å². The van der Waals surface area contributed by atoms with Gasteiger partial charge in [-0.25, -0.2) is 14.2 Å². The van der Waals surface area contributed by atoms with Crippen LogP contribution in [0.15, 0.2) is 42.5 Å². The van der Waals surface area contributed by atoms with E-state index in [2.05, 4.69) is 4.98 Å². The van der Waals surface area contributed by atoms with Crippen LogP contribution in [0.5, 0.6) is 0 Å². The van der Waals surface area contributed by atoms with Crippen LogP contribution in [0.2, 0.25) is 0 Å². The van der Waals surface area contributed by atoms with Crippen LogP contribution in [-0.4, -0.2) is 54.5 Å². The molecule has 0 radical (unpaired) electrons. The van der Waals surface area contributed by atoms with Crippen molar-refractivity contribution in [2.24, 2.45) is 0 Å². The number of benzene rings is 1. The summed E-state index contributed by atoms with van der Waals surface area (Å²) >= 11 is 0. The normalized spacial score (nSPS) is 14.5. The van der Waals surface area contributed by atoms with Crippen molar-refractivity contribution in [3.63, 3.8) is 0 Å². The first-order valence-corrected chi connectivity index (χ1v) is 12.9. The first-order valence-electron chi connectivity index (χ1n) is 12.9. The van der Waals surface area contributed by atoms with E-state index in [0.29, 0.717) is 30.7 Å². The molecule has 2 atom stereocenters. The Balaban J connectivity index is 1.92. The summed E-state index contributed by atoms with van der Waals surface area (Å²) in [4.78, 5) is 31.9. The molecule has 0 aliphatic heterocycles. The zero-order valence-corrected chi connectivity index (χ0v) is 21.8. The number of aryl methyl sites for hydroxylation is 1. The highest BCUT2D eigenvalue weighted by molar-refractivity contribution is 5.88. The van der Waals surface area contributed by atoms with Gasteiger partial charge in [-0.1, -0.05) is 38.1 Å². The number of hydrogen-bond donors (Lipinski definition) is 4. The van der Waals surface area contributed by atoms with Crippen molar-refractivity contribution >= 4 is 18.0 Å². The van der Waals surface area contributed by atoms with Crippen LogP contribution in [0.3, 0.4) is 0 Å². The number of carbonyl (C=O) groups is 2. The van der Waals surface area contributed by atoms with Crippen LogP contribution in [0, 0.1) is 5.82 Å². The summed E-state index contributed by atoms with van der Waals surface area (Å²) in [6.45, 7) is 3.97. The molecular formula is C30H31FN2O6. The summed E-state index contributed by atoms with van der Waals surface area (Å²) < 4.78 is 13.9. The van der Waals surface area contributed by atoms with Gasteiger partial charge in [0.2, 0.25) is 0 Å². The fourth-order valence-corrected chi connectivity index (χ4v) is 4.99. The van der Waals surface area contributed by atoms with Gasteiger partial charge in [-0.2, -0.15) is 0 Å². The third kappa shape index (κ3) is 6.38. The molecule has 3 aromatic rings. The van der Waals surface area contributed by atoms with Gasteiger partial charge in [0.05, 0.1) is 35.7 Å². The Hall–Kier alpha value is -3.95. The lowest BCUT2D eigenvalue weighted by Crippen LogP contribution is -2.19. The van der Waals surface area contributed by atoms with Gasteiger partial charge in [0.1, 0.15) is 11.5 Å². The second kappa shape index (κ2) is 11.8. The molecule has 8 nitrogen and oxygen atoms in total. The van der Waals surface area contributed by atoms with E-state index in [0.717, 1.165) is 33.5 Å². The van der Waals surface area contributed by atoms with Crippen molar-refractivity contribution < 1.29 is 34.4 Å². The average molecular weight is 535 g/mol. The molecule has 1 aliphatic carbocycles. The molecule has 0 fully saturated rings. The van der Waals surface area contributed by atoms with Gasteiger partial charge in [0.25, 0.3) is 0 Å². The minimum absolute atomic E-state index is 0.0290. The largest absolute Gasteiger partial charge is 0.481 e. The Labute approximate surface area is 225 Å². The zero-order valence-electron chi connectivity index (χ0n) is 21.8. The lowest BCUT2D eigenvalue weighted by molar-refractivity contribution is -0.139. The Kier molecular flexibility index (Phi) is 8.52. The minimum Gasteiger partial charge on any atom is -0.481 e. The number of halogens is 1. The molecule has 4 rings (SSSR count). The van der Waals surface area contributed by atoms with E-state index in [9.17, 15) is 29.3 Å². The van der Waals surface area contributed by atoms with E-state index in [-0.39, 0.29) is 23.8 Å². The van der Waals surface area contributed by atoms with Gasteiger partial charge in [-0.05, 0) is 66.1 Å². The molecule has 0 bridgehead atoms. The first kappa shape index (κ1) is 28.1. The molecule has 1 aliphatic rings. The Morgan fingerprint density at radius 1 is 1.03 bits per heavy atom. The highest BCUT2D eigenvalue weighted by atomic mass is 19.1. The van der Waals surface area contributed by atoms with Gasteiger partial charge in [-0.15, -0.1) is 0 Å². The van der Waals surface area contributed by atoms with Crippen LogP contribution in [0.4, 0.5) is 4.39 Å². The summed E-state index contributed by atoms with van der Waals surface area (Å²) in [5.41, 5.74) is 6.04. The first-order chi connectivity index (χ1) is 18.5. The average Bonchev–Trinajstić information content (AvgIpc) is 3.05. The van der Waals surface area contributed by atoms with E-state index < -0.39 is 30.6 Å². The van der Waals surface area contributed by atoms with Crippen LogP contribution < -0.4 is 0 Å². The Morgan fingerprint density at radius 2 is 1.74 bits per heavy atom. The highest BCUT2D eigenvalue weighted by Crippen LogP contribution is 2.41. The summed E-state index contributed by atoms with van der Waals surface area (Å²) in [6.07, 6.45) is 2.21. The molecule has 0 unspecified atom stereocenters. The monoisotopic (exact) mass is 534 g/mol. The van der Waals surface area contributed by atoms with Crippen molar-refractivity contribution in [3.05, 3.63) is 76.5 Å². The van der Waals surface area contributed by atoms with Crippen molar-refractivity contribution in [1.29, 1.82) is 0 Å². The number of aromatic nitrogens is 2. The summed E-state index contributed by atoms with van der Waals surface area (Å²) in [7, 11) is 0. The molecule has 1 aromatic carbocycles. The number of nitrogens with zero attached hydrogens (tertiary/aromatic N) is 2. The number of rotatable bonds is 9. The van der Waals surface area contributed by atoms with E-state index >= 15 is 0 Å². The number of pyridine rings is 2. The fourth-order valence-electron chi connectivity index (χ4n) is 4.99. The van der Waals surface area contributed by atoms with Gasteiger partial charge >= 0.3 is 11.9 Å². The third-order valence-corrected chi connectivity index (χ3v) is 6.74. The molecule has 39 heavy (non-hydrogen) atoms. The van der Waals surface area contributed by atoms with Crippen molar-refractivity contribution in [2.45, 2.75) is 64.1 Å². The number of aromatic carboxylic acids is 1. The van der Waals surface area contributed by atoms with Gasteiger partial charge in [0, 0.05) is 17.5 Å². The molecule has 0 amide bonds. The van der Waals surface area contributed by atoms with Crippen molar-refractivity contribution in [3.8, 4) is 22.4 Å². The van der Waals surface area contributed by atoms with Crippen LogP contribution in [0.1, 0.15) is 72.0 Å². The molecule has 204 valence electrons.